The van der Waals surface area contributed by atoms with E-state index in [2.05, 4.69) is 5.32 Å². The molecule has 0 saturated heterocycles. The molecule has 5 nitrogen and oxygen atoms in total. The SMILES string of the molecule is CC(NC(=O)CN)c1ccc2c(c1)OCO2. The summed E-state index contributed by atoms with van der Waals surface area (Å²) in [5.41, 5.74) is 6.20. The standard InChI is InChI=1S/C11H14N2O3/c1-7(13-11(14)5-12)8-2-3-9-10(4-8)16-6-15-9/h2-4,7H,5-6,12H2,1H3,(H,13,14). The van der Waals surface area contributed by atoms with E-state index in [4.69, 9.17) is 15.2 Å². The molecule has 2 rings (SSSR count). The molecule has 1 aliphatic heterocycles. The number of hydrogen-bond acceptors (Lipinski definition) is 4. The molecule has 1 amide bonds. The zero-order chi connectivity index (χ0) is 11.5. The maximum absolute atomic E-state index is 11.1. The maximum atomic E-state index is 11.1. The quantitative estimate of drug-likeness (QED) is 0.783. The summed E-state index contributed by atoms with van der Waals surface area (Å²) >= 11 is 0. The first-order valence-electron chi connectivity index (χ1n) is 5.09. The van der Waals surface area contributed by atoms with Crippen LogP contribution in [0.2, 0.25) is 0 Å². The molecule has 16 heavy (non-hydrogen) atoms. The van der Waals surface area contributed by atoms with Crippen molar-refractivity contribution in [3.8, 4) is 11.5 Å². The lowest BCUT2D eigenvalue weighted by atomic mass is 10.1. The zero-order valence-corrected chi connectivity index (χ0v) is 9.03. The Morgan fingerprint density at radius 1 is 1.50 bits per heavy atom. The summed E-state index contributed by atoms with van der Waals surface area (Å²) in [5.74, 6) is 1.28. The number of ether oxygens (including phenoxy) is 2. The van der Waals surface area contributed by atoms with Gasteiger partial charge in [-0.1, -0.05) is 6.07 Å². The van der Waals surface area contributed by atoms with Gasteiger partial charge in [0.15, 0.2) is 11.5 Å². The lowest BCUT2D eigenvalue weighted by Gasteiger charge is -2.13. The third kappa shape index (κ3) is 2.09. The Morgan fingerprint density at radius 3 is 3.00 bits per heavy atom. The highest BCUT2D eigenvalue weighted by molar-refractivity contribution is 5.78. The molecule has 1 aliphatic rings. The van der Waals surface area contributed by atoms with Crippen LogP contribution in [0.4, 0.5) is 0 Å². The monoisotopic (exact) mass is 222 g/mol. The van der Waals surface area contributed by atoms with Gasteiger partial charge in [0, 0.05) is 0 Å². The average molecular weight is 222 g/mol. The molecule has 3 N–H and O–H groups in total. The lowest BCUT2D eigenvalue weighted by Crippen LogP contribution is -2.32. The van der Waals surface area contributed by atoms with Gasteiger partial charge in [-0.05, 0) is 24.6 Å². The summed E-state index contributed by atoms with van der Waals surface area (Å²) in [6.07, 6.45) is 0. The number of hydrogen-bond donors (Lipinski definition) is 2. The molecule has 0 aromatic heterocycles. The summed E-state index contributed by atoms with van der Waals surface area (Å²) in [7, 11) is 0. The predicted molar refractivity (Wildman–Crippen MR) is 58.2 cm³/mol. The van der Waals surface area contributed by atoms with Crippen LogP contribution in [0, 0.1) is 0 Å². The highest BCUT2D eigenvalue weighted by Crippen LogP contribution is 2.33. The predicted octanol–water partition coefficient (Wildman–Crippen LogP) is 0.551. The number of rotatable bonds is 3. The lowest BCUT2D eigenvalue weighted by molar-refractivity contribution is -0.120. The Morgan fingerprint density at radius 2 is 2.25 bits per heavy atom. The Balaban J connectivity index is 2.12. The molecule has 86 valence electrons. The minimum Gasteiger partial charge on any atom is -0.454 e. The fourth-order valence-corrected chi connectivity index (χ4v) is 1.57. The van der Waals surface area contributed by atoms with Crippen LogP contribution in [0.3, 0.4) is 0 Å². The van der Waals surface area contributed by atoms with E-state index in [1.165, 1.54) is 0 Å². The highest BCUT2D eigenvalue weighted by atomic mass is 16.7. The number of fused-ring (bicyclic) bond motifs is 1. The van der Waals surface area contributed by atoms with Crippen molar-refractivity contribution in [1.29, 1.82) is 0 Å². The molecular weight excluding hydrogens is 208 g/mol. The smallest absolute Gasteiger partial charge is 0.234 e. The van der Waals surface area contributed by atoms with E-state index in [1.807, 2.05) is 25.1 Å². The summed E-state index contributed by atoms with van der Waals surface area (Å²) in [4.78, 5) is 11.1. The third-order valence-corrected chi connectivity index (χ3v) is 2.46. The van der Waals surface area contributed by atoms with Crippen molar-refractivity contribution < 1.29 is 14.3 Å². The molecule has 0 saturated carbocycles. The van der Waals surface area contributed by atoms with E-state index in [-0.39, 0.29) is 25.3 Å². The second-order valence-corrected chi connectivity index (χ2v) is 3.61. The van der Waals surface area contributed by atoms with Gasteiger partial charge in [0.05, 0.1) is 12.6 Å². The third-order valence-electron chi connectivity index (χ3n) is 2.46. The van der Waals surface area contributed by atoms with Gasteiger partial charge in [0.2, 0.25) is 12.7 Å². The highest BCUT2D eigenvalue weighted by Gasteiger charge is 2.16. The summed E-state index contributed by atoms with van der Waals surface area (Å²) < 4.78 is 10.5. The molecule has 1 atom stereocenters. The van der Waals surface area contributed by atoms with Crippen molar-refractivity contribution >= 4 is 5.91 Å². The number of benzene rings is 1. The first-order valence-corrected chi connectivity index (χ1v) is 5.09. The summed E-state index contributed by atoms with van der Waals surface area (Å²) in [6.45, 7) is 2.14. The summed E-state index contributed by atoms with van der Waals surface area (Å²) in [5, 5.41) is 2.78. The van der Waals surface area contributed by atoms with Gasteiger partial charge in [0.1, 0.15) is 0 Å². The zero-order valence-electron chi connectivity index (χ0n) is 9.03. The van der Waals surface area contributed by atoms with Gasteiger partial charge < -0.3 is 20.5 Å². The molecule has 0 radical (unpaired) electrons. The Labute approximate surface area is 93.5 Å². The fraction of sp³-hybridized carbons (Fsp3) is 0.364. The van der Waals surface area contributed by atoms with Gasteiger partial charge in [-0.25, -0.2) is 0 Å². The minimum atomic E-state index is -0.176. The molecule has 1 aromatic rings. The van der Waals surface area contributed by atoms with E-state index >= 15 is 0 Å². The van der Waals surface area contributed by atoms with E-state index in [1.54, 1.807) is 0 Å². The first kappa shape index (κ1) is 10.8. The van der Waals surface area contributed by atoms with Crippen LogP contribution in [-0.4, -0.2) is 19.2 Å². The molecule has 1 heterocycles. The van der Waals surface area contributed by atoms with Crippen LogP contribution in [0.5, 0.6) is 11.5 Å². The van der Waals surface area contributed by atoms with Gasteiger partial charge in [-0.2, -0.15) is 0 Å². The Kier molecular flexibility index (Phi) is 2.96. The van der Waals surface area contributed by atoms with Crippen molar-refractivity contribution in [3.63, 3.8) is 0 Å². The van der Waals surface area contributed by atoms with Crippen molar-refractivity contribution in [2.24, 2.45) is 5.73 Å². The van der Waals surface area contributed by atoms with E-state index in [0.29, 0.717) is 5.75 Å². The van der Waals surface area contributed by atoms with Gasteiger partial charge >= 0.3 is 0 Å². The largest absolute Gasteiger partial charge is 0.454 e. The Hall–Kier alpha value is -1.75. The molecular formula is C11H14N2O3. The molecule has 0 aliphatic carbocycles. The van der Waals surface area contributed by atoms with Gasteiger partial charge in [-0.15, -0.1) is 0 Å². The topological polar surface area (TPSA) is 73.6 Å². The normalized spacial score (nSPS) is 14.6. The molecule has 1 unspecified atom stereocenters. The van der Waals surface area contributed by atoms with Gasteiger partial charge in [-0.3, -0.25) is 4.79 Å². The number of amides is 1. The summed E-state index contributed by atoms with van der Waals surface area (Å²) in [6, 6.07) is 5.51. The Bertz CT molecular complexity index is 406. The molecule has 1 aromatic carbocycles. The minimum absolute atomic E-state index is 0.00507. The van der Waals surface area contributed by atoms with Crippen LogP contribution >= 0.6 is 0 Å². The van der Waals surface area contributed by atoms with Crippen LogP contribution in [-0.2, 0) is 4.79 Å². The van der Waals surface area contributed by atoms with E-state index < -0.39 is 0 Å². The van der Waals surface area contributed by atoms with Crippen LogP contribution < -0.4 is 20.5 Å². The first-order chi connectivity index (χ1) is 7.70. The second kappa shape index (κ2) is 4.40. The van der Waals surface area contributed by atoms with Crippen molar-refractivity contribution in [2.45, 2.75) is 13.0 Å². The number of nitrogens with two attached hydrogens (primary N) is 1. The number of carbonyl (C=O) groups is 1. The molecule has 0 fully saturated rings. The van der Waals surface area contributed by atoms with Crippen LogP contribution in [0.15, 0.2) is 18.2 Å². The maximum Gasteiger partial charge on any atom is 0.234 e. The number of nitrogens with one attached hydrogen (secondary N) is 1. The van der Waals surface area contributed by atoms with Crippen molar-refractivity contribution in [2.75, 3.05) is 13.3 Å². The number of carbonyl (C=O) groups excluding carboxylic acids is 1. The molecule has 0 spiro atoms. The van der Waals surface area contributed by atoms with E-state index in [9.17, 15) is 4.79 Å². The van der Waals surface area contributed by atoms with Crippen LogP contribution in [0.25, 0.3) is 0 Å². The molecule has 0 bridgehead atoms. The fourth-order valence-electron chi connectivity index (χ4n) is 1.57. The van der Waals surface area contributed by atoms with Gasteiger partial charge in [0.25, 0.3) is 0 Å². The van der Waals surface area contributed by atoms with Crippen molar-refractivity contribution in [1.82, 2.24) is 5.32 Å². The molecule has 5 heteroatoms. The van der Waals surface area contributed by atoms with E-state index in [0.717, 1.165) is 11.3 Å². The van der Waals surface area contributed by atoms with Crippen molar-refractivity contribution in [3.05, 3.63) is 23.8 Å². The second-order valence-electron chi connectivity index (χ2n) is 3.61. The average Bonchev–Trinajstić information content (AvgIpc) is 2.75. The van der Waals surface area contributed by atoms with Crippen LogP contribution in [0.1, 0.15) is 18.5 Å².